The van der Waals surface area contributed by atoms with Crippen molar-refractivity contribution in [3.05, 3.63) is 83.0 Å². The maximum atomic E-state index is 14.5. The molecular weight excluding hydrogens is 408 g/mol. The number of aliphatic hydroxyl groups is 1. The fraction of sp³-hybridized carbons (Fsp3) is 0.360. The number of halogens is 4. The van der Waals surface area contributed by atoms with E-state index in [4.69, 9.17) is 4.74 Å². The lowest BCUT2D eigenvalue weighted by Crippen LogP contribution is -2.14. The molecule has 1 aliphatic carbocycles. The van der Waals surface area contributed by atoms with E-state index in [2.05, 4.69) is 6.58 Å². The Morgan fingerprint density at radius 2 is 1.71 bits per heavy atom. The molecule has 1 fully saturated rings. The van der Waals surface area contributed by atoms with Gasteiger partial charge in [-0.1, -0.05) is 43.0 Å². The van der Waals surface area contributed by atoms with E-state index in [0.717, 1.165) is 12.8 Å². The second kappa shape index (κ2) is 10.1. The lowest BCUT2D eigenvalue weighted by atomic mass is 9.78. The lowest BCUT2D eigenvalue weighted by Gasteiger charge is -2.27. The quantitative estimate of drug-likeness (QED) is 0.382. The Balaban J connectivity index is 1.64. The van der Waals surface area contributed by atoms with E-state index in [1.807, 2.05) is 6.08 Å². The summed E-state index contributed by atoms with van der Waals surface area (Å²) < 4.78 is 62.2. The van der Waals surface area contributed by atoms with E-state index in [-0.39, 0.29) is 35.3 Å². The van der Waals surface area contributed by atoms with E-state index < -0.39 is 29.4 Å². The third-order valence-electron chi connectivity index (χ3n) is 5.79. The number of aliphatic hydroxyl groups excluding tert-OH is 1. The van der Waals surface area contributed by atoms with Crippen molar-refractivity contribution in [2.75, 3.05) is 6.61 Å². The minimum atomic E-state index is -1.09. The van der Waals surface area contributed by atoms with Gasteiger partial charge in [-0.05, 0) is 56.1 Å². The van der Waals surface area contributed by atoms with Crippen LogP contribution in [0.15, 0.2) is 43.0 Å². The van der Waals surface area contributed by atoms with Gasteiger partial charge in [0.05, 0.1) is 6.10 Å². The Kier molecular flexibility index (Phi) is 7.55. The van der Waals surface area contributed by atoms with Gasteiger partial charge in [0.1, 0.15) is 6.61 Å². The SMILES string of the molecule is C=CCOc1ccc(C2CCC(/C=C/c3ccc(C(C)O)c(F)c3F)CC2)c(F)c1F. The highest BCUT2D eigenvalue weighted by Crippen LogP contribution is 2.39. The molecule has 0 saturated heterocycles. The van der Waals surface area contributed by atoms with Crippen molar-refractivity contribution < 1.29 is 27.4 Å². The fourth-order valence-electron chi connectivity index (χ4n) is 4.02. The monoisotopic (exact) mass is 434 g/mol. The molecular formula is C25H26F4O2. The minimum Gasteiger partial charge on any atom is -0.486 e. The normalized spacial score (nSPS) is 20.1. The van der Waals surface area contributed by atoms with Gasteiger partial charge in [0, 0.05) is 11.1 Å². The molecule has 0 spiro atoms. The third kappa shape index (κ3) is 5.18. The number of ether oxygens (including phenoxy) is 1. The van der Waals surface area contributed by atoms with Crippen LogP contribution in [-0.4, -0.2) is 11.7 Å². The minimum absolute atomic E-state index is 0.0784. The highest BCUT2D eigenvalue weighted by molar-refractivity contribution is 5.51. The van der Waals surface area contributed by atoms with Gasteiger partial charge in [0.15, 0.2) is 23.2 Å². The van der Waals surface area contributed by atoms with Crippen LogP contribution in [0.1, 0.15) is 61.3 Å². The van der Waals surface area contributed by atoms with Crippen LogP contribution in [0.3, 0.4) is 0 Å². The molecule has 3 rings (SSSR count). The average molecular weight is 434 g/mol. The molecule has 0 heterocycles. The van der Waals surface area contributed by atoms with Gasteiger partial charge in [-0.25, -0.2) is 13.2 Å². The number of rotatable bonds is 7. The van der Waals surface area contributed by atoms with Crippen LogP contribution in [0.2, 0.25) is 0 Å². The summed E-state index contributed by atoms with van der Waals surface area (Å²) in [5.41, 5.74) is 0.380. The van der Waals surface area contributed by atoms with Crippen LogP contribution in [0.4, 0.5) is 17.6 Å². The van der Waals surface area contributed by atoms with Crippen LogP contribution in [0.25, 0.3) is 6.08 Å². The fourth-order valence-corrected chi connectivity index (χ4v) is 4.02. The summed E-state index contributed by atoms with van der Waals surface area (Å²) in [6, 6.07) is 5.83. The zero-order valence-corrected chi connectivity index (χ0v) is 17.4. The van der Waals surface area contributed by atoms with Gasteiger partial charge in [0.25, 0.3) is 0 Å². The van der Waals surface area contributed by atoms with E-state index >= 15 is 0 Å². The topological polar surface area (TPSA) is 29.5 Å². The first-order valence-electron chi connectivity index (χ1n) is 10.4. The van der Waals surface area contributed by atoms with Gasteiger partial charge < -0.3 is 9.84 Å². The lowest BCUT2D eigenvalue weighted by molar-refractivity contribution is 0.192. The maximum absolute atomic E-state index is 14.5. The summed E-state index contributed by atoms with van der Waals surface area (Å²) >= 11 is 0. The third-order valence-corrected chi connectivity index (χ3v) is 5.79. The van der Waals surface area contributed by atoms with Gasteiger partial charge in [-0.2, -0.15) is 4.39 Å². The molecule has 1 aliphatic rings. The number of hydrogen-bond donors (Lipinski definition) is 1. The second-order valence-corrected chi connectivity index (χ2v) is 7.90. The van der Waals surface area contributed by atoms with Crippen LogP contribution in [-0.2, 0) is 0 Å². The molecule has 0 aliphatic heterocycles. The van der Waals surface area contributed by atoms with Crippen LogP contribution in [0.5, 0.6) is 5.75 Å². The van der Waals surface area contributed by atoms with E-state index in [9.17, 15) is 22.7 Å². The first-order chi connectivity index (χ1) is 14.8. The second-order valence-electron chi connectivity index (χ2n) is 7.90. The summed E-state index contributed by atoms with van der Waals surface area (Å²) in [6.45, 7) is 4.96. The van der Waals surface area contributed by atoms with Gasteiger partial charge in [-0.3, -0.25) is 0 Å². The summed E-state index contributed by atoms with van der Waals surface area (Å²) in [7, 11) is 0. The van der Waals surface area contributed by atoms with Crippen molar-refractivity contribution >= 4 is 6.08 Å². The van der Waals surface area contributed by atoms with E-state index in [0.29, 0.717) is 18.4 Å². The van der Waals surface area contributed by atoms with Crippen molar-refractivity contribution in [2.45, 2.75) is 44.6 Å². The van der Waals surface area contributed by atoms with Crippen molar-refractivity contribution in [2.24, 2.45) is 5.92 Å². The van der Waals surface area contributed by atoms with Crippen molar-refractivity contribution in [3.63, 3.8) is 0 Å². The van der Waals surface area contributed by atoms with Gasteiger partial charge in [-0.15, -0.1) is 0 Å². The first kappa shape index (κ1) is 23.1. The molecule has 31 heavy (non-hydrogen) atoms. The molecule has 0 bridgehead atoms. The van der Waals surface area contributed by atoms with E-state index in [1.54, 1.807) is 12.1 Å². The zero-order valence-electron chi connectivity index (χ0n) is 17.4. The standard InChI is InChI=1S/C25H26F4O2/c1-3-14-31-21-13-12-20(24(28)25(21)29)17-7-4-16(5-8-17)6-9-18-10-11-19(15(2)30)23(27)22(18)26/h3,6,9-13,15-17,30H,1,4-5,7-8,14H2,2H3/b9-6+. The molecule has 0 amide bonds. The summed E-state index contributed by atoms with van der Waals surface area (Å²) in [5, 5.41) is 9.48. The predicted octanol–water partition coefficient (Wildman–Crippen LogP) is 6.85. The number of benzene rings is 2. The van der Waals surface area contributed by atoms with Gasteiger partial charge in [0.2, 0.25) is 5.82 Å². The van der Waals surface area contributed by atoms with Crippen LogP contribution < -0.4 is 4.74 Å². The highest BCUT2D eigenvalue weighted by atomic mass is 19.2. The summed E-state index contributed by atoms with van der Waals surface area (Å²) in [4.78, 5) is 0. The number of hydrogen-bond acceptors (Lipinski definition) is 2. The largest absolute Gasteiger partial charge is 0.486 e. The smallest absolute Gasteiger partial charge is 0.200 e. The predicted molar refractivity (Wildman–Crippen MR) is 113 cm³/mol. The Labute approximate surface area is 179 Å². The molecule has 166 valence electrons. The Hall–Kier alpha value is -2.60. The van der Waals surface area contributed by atoms with Crippen molar-refractivity contribution in [3.8, 4) is 5.75 Å². The molecule has 1 unspecified atom stereocenters. The average Bonchev–Trinajstić information content (AvgIpc) is 2.76. The Bertz CT molecular complexity index is 960. The molecule has 2 aromatic carbocycles. The summed E-state index contributed by atoms with van der Waals surface area (Å²) in [5.74, 6) is -3.99. The zero-order chi connectivity index (χ0) is 22.5. The van der Waals surface area contributed by atoms with Crippen molar-refractivity contribution in [1.29, 1.82) is 0 Å². The highest BCUT2D eigenvalue weighted by Gasteiger charge is 2.26. The molecule has 6 heteroatoms. The van der Waals surface area contributed by atoms with Crippen LogP contribution in [0, 0.1) is 29.2 Å². The molecule has 1 atom stereocenters. The van der Waals surface area contributed by atoms with E-state index in [1.165, 1.54) is 31.2 Å². The van der Waals surface area contributed by atoms with Gasteiger partial charge >= 0.3 is 0 Å². The molecule has 1 saturated carbocycles. The Morgan fingerprint density at radius 1 is 1.00 bits per heavy atom. The number of allylic oxidation sites excluding steroid dienone is 1. The van der Waals surface area contributed by atoms with Crippen LogP contribution >= 0.6 is 0 Å². The molecule has 1 N–H and O–H groups in total. The molecule has 2 nitrogen and oxygen atoms in total. The molecule has 0 aromatic heterocycles. The summed E-state index contributed by atoms with van der Waals surface area (Å²) in [6.07, 6.45) is 6.53. The van der Waals surface area contributed by atoms with Crippen molar-refractivity contribution in [1.82, 2.24) is 0 Å². The maximum Gasteiger partial charge on any atom is 0.200 e. The molecule has 2 aromatic rings. The Morgan fingerprint density at radius 3 is 2.35 bits per heavy atom. The molecule has 0 radical (unpaired) electrons. The first-order valence-corrected chi connectivity index (χ1v) is 10.4.